The first kappa shape index (κ1) is 11.5. The van der Waals surface area contributed by atoms with Crippen LogP contribution < -0.4 is 0 Å². The Morgan fingerprint density at radius 1 is 1.42 bits per heavy atom. The van der Waals surface area contributed by atoms with Gasteiger partial charge in [0.15, 0.2) is 0 Å². The summed E-state index contributed by atoms with van der Waals surface area (Å²) in [5.41, 5.74) is 0. The van der Waals surface area contributed by atoms with Gasteiger partial charge in [-0.1, -0.05) is 6.58 Å². The summed E-state index contributed by atoms with van der Waals surface area (Å²) >= 11 is 0. The van der Waals surface area contributed by atoms with Crippen LogP contribution in [-0.2, 0) is 14.2 Å². The van der Waals surface area contributed by atoms with Crippen LogP contribution in [0.4, 0.5) is 0 Å². The average Bonchev–Trinajstić information content (AvgIpc) is 2.01. The Balaban J connectivity index is 3.54. The molecule has 0 bridgehead atoms. The molecule has 0 aromatic carbocycles. The summed E-state index contributed by atoms with van der Waals surface area (Å²) in [6.45, 7) is 11.8. The highest BCUT2D eigenvalue weighted by Crippen LogP contribution is 1.98. The van der Waals surface area contributed by atoms with E-state index in [1.54, 1.807) is 0 Å². The Morgan fingerprint density at radius 3 is 2.50 bits per heavy atom. The van der Waals surface area contributed by atoms with Crippen molar-refractivity contribution in [1.82, 2.24) is 0 Å². The van der Waals surface area contributed by atoms with E-state index in [1.165, 1.54) is 6.26 Å². The molecule has 0 aliphatic rings. The van der Waals surface area contributed by atoms with Gasteiger partial charge in [0, 0.05) is 6.61 Å². The number of hydrogen-bond acceptors (Lipinski definition) is 3. The van der Waals surface area contributed by atoms with E-state index in [4.69, 9.17) is 14.2 Å². The molecule has 0 N–H and O–H groups in total. The molecule has 0 saturated carbocycles. The third-order valence-corrected chi connectivity index (χ3v) is 1.12. The molecule has 12 heavy (non-hydrogen) atoms. The minimum absolute atomic E-state index is 0.0543. The predicted octanol–water partition coefficient (Wildman–Crippen LogP) is 1.75. The molecule has 0 aromatic heterocycles. The maximum atomic E-state index is 5.20. The number of rotatable bonds is 7. The van der Waals surface area contributed by atoms with Gasteiger partial charge in [-0.3, -0.25) is 0 Å². The Hall–Kier alpha value is -0.540. The van der Waals surface area contributed by atoms with Crippen molar-refractivity contribution >= 4 is 0 Å². The second kappa shape index (κ2) is 7.13. The van der Waals surface area contributed by atoms with E-state index in [-0.39, 0.29) is 12.4 Å². The molecule has 3 heteroatoms. The lowest BCUT2D eigenvalue weighted by Crippen LogP contribution is -2.23. The van der Waals surface area contributed by atoms with Gasteiger partial charge in [-0.25, -0.2) is 0 Å². The molecule has 3 nitrogen and oxygen atoms in total. The smallest absolute Gasteiger partial charge is 0.222 e. The second-order valence-electron chi connectivity index (χ2n) is 2.33. The van der Waals surface area contributed by atoms with Gasteiger partial charge < -0.3 is 14.2 Å². The van der Waals surface area contributed by atoms with E-state index in [1.807, 2.05) is 13.8 Å². The van der Waals surface area contributed by atoms with Crippen LogP contribution in [0.15, 0.2) is 12.8 Å². The van der Waals surface area contributed by atoms with Gasteiger partial charge in [0.2, 0.25) is 6.29 Å². The van der Waals surface area contributed by atoms with Gasteiger partial charge in [0.1, 0.15) is 6.61 Å². The first-order chi connectivity index (χ1) is 5.70. The molecule has 0 rings (SSSR count). The highest BCUT2D eigenvalue weighted by molar-refractivity contribution is 4.55. The molecule has 2 atom stereocenters. The van der Waals surface area contributed by atoms with Crippen molar-refractivity contribution in [1.29, 1.82) is 0 Å². The molecular weight excluding hydrogens is 156 g/mol. The molecule has 0 fully saturated rings. The summed E-state index contributed by atoms with van der Waals surface area (Å²) in [4.78, 5) is 0. The molecule has 0 saturated heterocycles. The topological polar surface area (TPSA) is 27.7 Å². The molecular formula is C9H17O3. The average molecular weight is 173 g/mol. The van der Waals surface area contributed by atoms with Crippen molar-refractivity contribution in [2.75, 3.05) is 13.2 Å². The van der Waals surface area contributed by atoms with Crippen LogP contribution in [0.25, 0.3) is 0 Å². The van der Waals surface area contributed by atoms with Crippen molar-refractivity contribution in [3.63, 3.8) is 0 Å². The minimum Gasteiger partial charge on any atom is -0.471 e. The first-order valence-electron chi connectivity index (χ1n) is 4.03. The zero-order valence-electron chi connectivity index (χ0n) is 7.79. The van der Waals surface area contributed by atoms with Crippen LogP contribution >= 0.6 is 0 Å². The SMILES string of the molecule is [CH2]C(C)OCC(OC=C)OCC. The van der Waals surface area contributed by atoms with E-state index in [9.17, 15) is 0 Å². The van der Waals surface area contributed by atoms with Crippen LogP contribution in [-0.4, -0.2) is 25.6 Å². The van der Waals surface area contributed by atoms with Gasteiger partial charge >= 0.3 is 0 Å². The minimum atomic E-state index is -0.364. The van der Waals surface area contributed by atoms with Crippen LogP contribution in [0.1, 0.15) is 13.8 Å². The Kier molecular flexibility index (Phi) is 6.81. The monoisotopic (exact) mass is 173 g/mol. The van der Waals surface area contributed by atoms with Crippen LogP contribution in [0.2, 0.25) is 0 Å². The standard InChI is InChI=1S/C9H17O3/c1-5-10-9(11-6-2)7-12-8(3)4/h5,8-9H,1,3,6-7H2,2,4H3. The summed E-state index contributed by atoms with van der Waals surface area (Å²) < 4.78 is 15.4. The third-order valence-electron chi connectivity index (χ3n) is 1.12. The van der Waals surface area contributed by atoms with Gasteiger partial charge in [0.25, 0.3) is 0 Å². The summed E-state index contributed by atoms with van der Waals surface area (Å²) in [7, 11) is 0. The maximum Gasteiger partial charge on any atom is 0.222 e. The molecule has 0 aliphatic heterocycles. The Morgan fingerprint density at radius 2 is 2.08 bits per heavy atom. The molecule has 1 radical (unpaired) electrons. The largest absolute Gasteiger partial charge is 0.471 e. The van der Waals surface area contributed by atoms with Gasteiger partial charge in [-0.2, -0.15) is 0 Å². The Bertz CT molecular complexity index is 112. The van der Waals surface area contributed by atoms with Crippen LogP contribution in [0.5, 0.6) is 0 Å². The second-order valence-corrected chi connectivity index (χ2v) is 2.33. The summed E-state index contributed by atoms with van der Waals surface area (Å²) in [5, 5.41) is 0. The predicted molar refractivity (Wildman–Crippen MR) is 47.5 cm³/mol. The van der Waals surface area contributed by atoms with Crippen molar-refractivity contribution < 1.29 is 14.2 Å². The van der Waals surface area contributed by atoms with Gasteiger partial charge in [-0.05, 0) is 20.8 Å². The van der Waals surface area contributed by atoms with E-state index in [0.29, 0.717) is 13.2 Å². The van der Waals surface area contributed by atoms with Crippen molar-refractivity contribution in [3.05, 3.63) is 19.8 Å². The lowest BCUT2D eigenvalue weighted by atomic mass is 10.5. The number of ether oxygens (including phenoxy) is 3. The summed E-state index contributed by atoms with van der Waals surface area (Å²) in [6, 6.07) is 0. The molecule has 0 aromatic rings. The Labute approximate surface area is 74.3 Å². The summed E-state index contributed by atoms with van der Waals surface area (Å²) in [6.07, 6.45) is 0.926. The van der Waals surface area contributed by atoms with E-state index in [2.05, 4.69) is 13.5 Å². The van der Waals surface area contributed by atoms with Crippen molar-refractivity contribution in [2.45, 2.75) is 26.2 Å². The highest BCUT2D eigenvalue weighted by Gasteiger charge is 2.08. The quantitative estimate of drug-likeness (QED) is 0.433. The van der Waals surface area contributed by atoms with Crippen LogP contribution in [0, 0.1) is 6.92 Å². The van der Waals surface area contributed by atoms with Crippen LogP contribution in [0.3, 0.4) is 0 Å². The molecule has 0 heterocycles. The third kappa shape index (κ3) is 6.19. The zero-order valence-corrected chi connectivity index (χ0v) is 7.79. The lowest BCUT2D eigenvalue weighted by Gasteiger charge is -2.17. The lowest BCUT2D eigenvalue weighted by molar-refractivity contribution is -0.145. The number of hydrogen-bond donors (Lipinski definition) is 0. The van der Waals surface area contributed by atoms with Gasteiger partial charge in [0.05, 0.1) is 12.4 Å². The molecule has 2 unspecified atom stereocenters. The van der Waals surface area contributed by atoms with Gasteiger partial charge in [-0.15, -0.1) is 0 Å². The van der Waals surface area contributed by atoms with E-state index in [0.717, 1.165) is 0 Å². The molecule has 71 valence electrons. The highest BCUT2D eigenvalue weighted by atomic mass is 16.7. The van der Waals surface area contributed by atoms with E-state index >= 15 is 0 Å². The fourth-order valence-electron chi connectivity index (χ4n) is 0.663. The van der Waals surface area contributed by atoms with Crippen molar-refractivity contribution in [2.24, 2.45) is 0 Å². The molecule has 0 amide bonds. The normalized spacial score (nSPS) is 13.0. The zero-order chi connectivity index (χ0) is 9.40. The first-order valence-corrected chi connectivity index (χ1v) is 4.03. The molecule has 0 spiro atoms. The molecule has 0 aliphatic carbocycles. The fraction of sp³-hybridized carbons (Fsp3) is 0.667. The van der Waals surface area contributed by atoms with E-state index < -0.39 is 0 Å². The fourth-order valence-corrected chi connectivity index (χ4v) is 0.663. The summed E-state index contributed by atoms with van der Waals surface area (Å²) in [5.74, 6) is 0. The van der Waals surface area contributed by atoms with Crippen molar-refractivity contribution in [3.8, 4) is 0 Å². The maximum absolute atomic E-state index is 5.20.